The number of nitro groups is 1. The third-order valence-corrected chi connectivity index (χ3v) is 5.59. The number of amides is 1. The van der Waals surface area contributed by atoms with Crippen molar-refractivity contribution in [2.24, 2.45) is 0 Å². The zero-order chi connectivity index (χ0) is 15.5. The van der Waals surface area contributed by atoms with Gasteiger partial charge in [-0.05, 0) is 37.9 Å². The van der Waals surface area contributed by atoms with Crippen LogP contribution in [-0.2, 0) is 0 Å². The Kier molecular flexibility index (Phi) is 4.46. The minimum atomic E-state index is -0.500. The Morgan fingerprint density at radius 1 is 1.36 bits per heavy atom. The van der Waals surface area contributed by atoms with Crippen molar-refractivity contribution in [1.29, 1.82) is 0 Å². The molecule has 0 saturated carbocycles. The van der Waals surface area contributed by atoms with Gasteiger partial charge < -0.3 is 5.32 Å². The standard InChI is InChI=1S/C13H14N4O3S2/c18-12(9-1-2-11(21-9)17(19)20)16-13-15-7-10(22-13)8-3-5-14-6-4-8/h1-2,7-8,14H,3-6H2,(H,15,16,18). The van der Waals surface area contributed by atoms with Crippen molar-refractivity contribution < 1.29 is 9.72 Å². The molecule has 0 spiro atoms. The summed E-state index contributed by atoms with van der Waals surface area (Å²) >= 11 is 2.34. The van der Waals surface area contributed by atoms with E-state index in [-0.39, 0.29) is 10.9 Å². The maximum absolute atomic E-state index is 12.1. The molecule has 0 aliphatic carbocycles. The third kappa shape index (κ3) is 3.32. The molecule has 2 aromatic rings. The largest absolute Gasteiger partial charge is 0.324 e. The van der Waals surface area contributed by atoms with Crippen LogP contribution in [0.5, 0.6) is 0 Å². The van der Waals surface area contributed by atoms with Crippen molar-refractivity contribution in [3.8, 4) is 0 Å². The molecule has 22 heavy (non-hydrogen) atoms. The van der Waals surface area contributed by atoms with Crippen molar-refractivity contribution in [3.05, 3.63) is 38.2 Å². The lowest BCUT2D eigenvalue weighted by Crippen LogP contribution is -2.26. The second-order valence-corrected chi connectivity index (χ2v) is 7.07. The molecule has 0 aromatic carbocycles. The van der Waals surface area contributed by atoms with Crippen LogP contribution in [0.4, 0.5) is 10.1 Å². The molecule has 0 radical (unpaired) electrons. The monoisotopic (exact) mass is 338 g/mol. The SMILES string of the molecule is O=C(Nc1ncc(C2CCNCC2)s1)c1ccc([N+](=O)[O-])s1. The second kappa shape index (κ2) is 6.51. The summed E-state index contributed by atoms with van der Waals surface area (Å²) < 4.78 is 0. The van der Waals surface area contributed by atoms with E-state index in [1.807, 2.05) is 6.20 Å². The summed E-state index contributed by atoms with van der Waals surface area (Å²) in [6.07, 6.45) is 3.96. The number of piperidine rings is 1. The van der Waals surface area contributed by atoms with Gasteiger partial charge in [-0.15, -0.1) is 11.3 Å². The fraction of sp³-hybridized carbons (Fsp3) is 0.385. The molecule has 116 valence electrons. The van der Waals surface area contributed by atoms with Crippen molar-refractivity contribution in [2.45, 2.75) is 18.8 Å². The zero-order valence-corrected chi connectivity index (χ0v) is 13.2. The van der Waals surface area contributed by atoms with Gasteiger partial charge >= 0.3 is 5.00 Å². The normalized spacial score (nSPS) is 15.6. The molecule has 1 fully saturated rings. The first-order valence-corrected chi connectivity index (χ1v) is 8.49. The second-order valence-electron chi connectivity index (χ2n) is 4.94. The number of nitrogens with zero attached hydrogens (tertiary/aromatic N) is 2. The highest BCUT2D eigenvalue weighted by Gasteiger charge is 2.20. The number of carbonyl (C=O) groups excluding carboxylic acids is 1. The van der Waals surface area contributed by atoms with Gasteiger partial charge in [0.15, 0.2) is 5.13 Å². The van der Waals surface area contributed by atoms with Crippen LogP contribution in [0.3, 0.4) is 0 Å². The highest BCUT2D eigenvalue weighted by atomic mass is 32.1. The predicted octanol–water partition coefficient (Wildman–Crippen LogP) is 2.83. The lowest BCUT2D eigenvalue weighted by molar-refractivity contribution is -0.380. The van der Waals surface area contributed by atoms with Crippen LogP contribution in [0.1, 0.15) is 33.3 Å². The number of anilines is 1. The van der Waals surface area contributed by atoms with E-state index in [4.69, 9.17) is 0 Å². The number of hydrogen-bond acceptors (Lipinski definition) is 7. The lowest BCUT2D eigenvalue weighted by atomic mass is 9.97. The van der Waals surface area contributed by atoms with Crippen molar-refractivity contribution >= 4 is 38.7 Å². The van der Waals surface area contributed by atoms with E-state index in [0.29, 0.717) is 15.9 Å². The molecule has 3 heterocycles. The van der Waals surface area contributed by atoms with Gasteiger partial charge in [0.2, 0.25) is 0 Å². The molecule has 1 saturated heterocycles. The Bertz CT molecular complexity index is 691. The van der Waals surface area contributed by atoms with Crippen LogP contribution in [0.25, 0.3) is 0 Å². The molecular weight excluding hydrogens is 324 g/mol. The van der Waals surface area contributed by atoms with E-state index in [0.717, 1.165) is 37.3 Å². The van der Waals surface area contributed by atoms with Crippen LogP contribution in [0, 0.1) is 10.1 Å². The highest BCUT2D eigenvalue weighted by Crippen LogP contribution is 2.32. The predicted molar refractivity (Wildman–Crippen MR) is 85.9 cm³/mol. The van der Waals surface area contributed by atoms with Gasteiger partial charge in [0, 0.05) is 17.1 Å². The summed E-state index contributed by atoms with van der Waals surface area (Å²) in [6, 6.07) is 2.79. The van der Waals surface area contributed by atoms with Gasteiger partial charge in [0.1, 0.15) is 0 Å². The van der Waals surface area contributed by atoms with Gasteiger partial charge in [0.05, 0.1) is 9.80 Å². The first-order valence-electron chi connectivity index (χ1n) is 6.85. The molecule has 1 aliphatic rings. The van der Waals surface area contributed by atoms with Crippen LogP contribution in [0.15, 0.2) is 18.3 Å². The fourth-order valence-electron chi connectivity index (χ4n) is 2.35. The molecule has 0 bridgehead atoms. The van der Waals surface area contributed by atoms with E-state index in [1.54, 1.807) is 0 Å². The highest BCUT2D eigenvalue weighted by molar-refractivity contribution is 7.18. The minimum absolute atomic E-state index is 0.0420. The molecule has 0 unspecified atom stereocenters. The van der Waals surface area contributed by atoms with Crippen LogP contribution in [-0.4, -0.2) is 28.9 Å². The van der Waals surface area contributed by atoms with Gasteiger partial charge in [-0.3, -0.25) is 20.2 Å². The fourth-order valence-corrected chi connectivity index (χ4v) is 4.04. The van der Waals surface area contributed by atoms with Gasteiger partial charge in [-0.2, -0.15) is 0 Å². The molecule has 2 aromatic heterocycles. The van der Waals surface area contributed by atoms with Crippen LogP contribution in [0.2, 0.25) is 0 Å². The summed E-state index contributed by atoms with van der Waals surface area (Å²) in [4.78, 5) is 27.9. The summed E-state index contributed by atoms with van der Waals surface area (Å²) in [5.41, 5.74) is 0. The van der Waals surface area contributed by atoms with Gasteiger partial charge in [-0.25, -0.2) is 4.98 Å². The first-order chi connectivity index (χ1) is 10.6. The molecule has 7 nitrogen and oxygen atoms in total. The number of hydrogen-bond donors (Lipinski definition) is 2. The van der Waals surface area contributed by atoms with Crippen molar-refractivity contribution in [3.63, 3.8) is 0 Å². The zero-order valence-electron chi connectivity index (χ0n) is 11.6. The average molecular weight is 338 g/mol. The Morgan fingerprint density at radius 2 is 2.14 bits per heavy atom. The Labute approximate surface area is 134 Å². The number of nitrogens with one attached hydrogen (secondary N) is 2. The number of thiophene rings is 1. The number of thiazole rings is 1. The molecule has 1 aliphatic heterocycles. The van der Waals surface area contributed by atoms with Crippen molar-refractivity contribution in [1.82, 2.24) is 10.3 Å². The maximum Gasteiger partial charge on any atom is 0.324 e. The topological polar surface area (TPSA) is 97.2 Å². The molecule has 3 rings (SSSR count). The first kappa shape index (κ1) is 15.1. The Morgan fingerprint density at radius 3 is 2.82 bits per heavy atom. The average Bonchev–Trinajstić information content (AvgIpc) is 3.17. The number of rotatable bonds is 4. The smallest absolute Gasteiger partial charge is 0.317 e. The molecule has 2 N–H and O–H groups in total. The van der Waals surface area contributed by atoms with E-state index in [9.17, 15) is 14.9 Å². The summed E-state index contributed by atoms with van der Waals surface area (Å²) in [5, 5.41) is 17.2. The van der Waals surface area contributed by atoms with Crippen LogP contribution >= 0.6 is 22.7 Å². The van der Waals surface area contributed by atoms with Crippen LogP contribution < -0.4 is 10.6 Å². The Balaban J connectivity index is 1.66. The maximum atomic E-state index is 12.1. The molecule has 0 atom stereocenters. The molecule has 1 amide bonds. The Hall–Kier alpha value is -1.84. The van der Waals surface area contributed by atoms with Crippen molar-refractivity contribution in [2.75, 3.05) is 18.4 Å². The summed E-state index contributed by atoms with van der Waals surface area (Å²) in [6.45, 7) is 2.01. The van der Waals surface area contributed by atoms with E-state index >= 15 is 0 Å². The summed E-state index contributed by atoms with van der Waals surface area (Å²) in [7, 11) is 0. The quantitative estimate of drug-likeness (QED) is 0.660. The third-order valence-electron chi connectivity index (χ3n) is 3.48. The van der Waals surface area contributed by atoms with E-state index in [1.165, 1.54) is 28.3 Å². The molecular formula is C13H14N4O3S2. The van der Waals surface area contributed by atoms with Gasteiger partial charge in [-0.1, -0.05) is 11.3 Å². The number of aromatic nitrogens is 1. The summed E-state index contributed by atoms with van der Waals surface area (Å²) in [5.74, 6) is 0.136. The molecule has 9 heteroatoms. The van der Waals surface area contributed by atoms with Gasteiger partial charge in [0.25, 0.3) is 5.91 Å². The number of carbonyl (C=O) groups is 1. The van der Waals surface area contributed by atoms with E-state index < -0.39 is 4.92 Å². The van der Waals surface area contributed by atoms with E-state index in [2.05, 4.69) is 15.6 Å². The minimum Gasteiger partial charge on any atom is -0.317 e. The lowest BCUT2D eigenvalue weighted by Gasteiger charge is -2.20.